The number of aliphatic carboxylic acids is 1. The molecule has 0 rings (SSSR count). The molecule has 3 N–H and O–H groups in total. The lowest BCUT2D eigenvalue weighted by Gasteiger charge is -2.19. The third kappa shape index (κ3) is 7.58. The second kappa shape index (κ2) is 8.72. The standard InChI is InChI=1S/C10H17N3O6/c1-3-13(6-9(17)19-2)10(18)12-4-7(14)11-5-8(15)16/h3-6H2,1-2H3,(H,11,14)(H,12,18)(H,15,16). The average Bonchev–Trinajstić information content (AvgIpc) is 2.39. The van der Waals surface area contributed by atoms with Gasteiger partial charge in [-0.15, -0.1) is 0 Å². The summed E-state index contributed by atoms with van der Waals surface area (Å²) in [6, 6.07) is -0.613. The smallest absolute Gasteiger partial charge is 0.325 e. The van der Waals surface area contributed by atoms with E-state index in [1.54, 1.807) is 6.92 Å². The summed E-state index contributed by atoms with van der Waals surface area (Å²) in [6.45, 7) is 0.804. The molecule has 0 aromatic carbocycles. The highest BCUT2D eigenvalue weighted by molar-refractivity contribution is 5.87. The number of hydrogen-bond acceptors (Lipinski definition) is 5. The molecule has 0 atom stereocenters. The summed E-state index contributed by atoms with van der Waals surface area (Å²) >= 11 is 0. The molecule has 0 aromatic rings. The fraction of sp³-hybridized carbons (Fsp3) is 0.600. The number of nitrogens with one attached hydrogen (secondary N) is 2. The van der Waals surface area contributed by atoms with Crippen LogP contribution in [0.4, 0.5) is 4.79 Å². The zero-order valence-corrected chi connectivity index (χ0v) is 10.8. The molecule has 3 amide bonds. The molecule has 19 heavy (non-hydrogen) atoms. The summed E-state index contributed by atoms with van der Waals surface area (Å²) in [5, 5.41) is 12.7. The number of likely N-dealkylation sites (N-methyl/N-ethyl adjacent to an activating group) is 1. The molecule has 0 bridgehead atoms. The second-order valence-electron chi connectivity index (χ2n) is 3.42. The second-order valence-corrected chi connectivity index (χ2v) is 3.42. The predicted octanol–water partition coefficient (Wildman–Crippen LogP) is -1.61. The fourth-order valence-electron chi connectivity index (χ4n) is 1.05. The maximum absolute atomic E-state index is 11.6. The van der Waals surface area contributed by atoms with Gasteiger partial charge in [0.05, 0.1) is 13.7 Å². The van der Waals surface area contributed by atoms with Crippen LogP contribution in [-0.4, -0.2) is 67.2 Å². The van der Waals surface area contributed by atoms with Crippen molar-refractivity contribution < 1.29 is 29.0 Å². The number of nitrogens with zero attached hydrogens (tertiary/aromatic N) is 1. The van der Waals surface area contributed by atoms with Gasteiger partial charge in [-0.25, -0.2) is 4.79 Å². The van der Waals surface area contributed by atoms with Crippen molar-refractivity contribution in [2.75, 3.05) is 33.3 Å². The lowest BCUT2D eigenvalue weighted by molar-refractivity contribution is -0.141. The van der Waals surface area contributed by atoms with Crippen LogP contribution in [0.15, 0.2) is 0 Å². The van der Waals surface area contributed by atoms with Crippen molar-refractivity contribution in [2.45, 2.75) is 6.92 Å². The number of carboxylic acid groups (broad SMARTS) is 1. The summed E-state index contributed by atoms with van der Waals surface area (Å²) in [6.07, 6.45) is 0. The van der Waals surface area contributed by atoms with E-state index in [0.29, 0.717) is 0 Å². The van der Waals surface area contributed by atoms with Crippen molar-refractivity contribution in [3.05, 3.63) is 0 Å². The minimum atomic E-state index is -1.18. The first-order valence-electron chi connectivity index (χ1n) is 5.48. The van der Waals surface area contributed by atoms with Crippen LogP contribution in [0.1, 0.15) is 6.92 Å². The third-order valence-electron chi connectivity index (χ3n) is 2.05. The molecule has 0 fully saturated rings. The molecule has 0 spiro atoms. The van der Waals surface area contributed by atoms with Gasteiger partial charge in [-0.05, 0) is 6.92 Å². The highest BCUT2D eigenvalue weighted by atomic mass is 16.5. The SMILES string of the molecule is CCN(CC(=O)OC)C(=O)NCC(=O)NCC(=O)O. The van der Waals surface area contributed by atoms with Crippen molar-refractivity contribution in [3.63, 3.8) is 0 Å². The Hall–Kier alpha value is -2.32. The molecule has 0 aliphatic heterocycles. The number of ether oxygens (including phenoxy) is 1. The van der Waals surface area contributed by atoms with Crippen molar-refractivity contribution in [2.24, 2.45) is 0 Å². The Kier molecular flexibility index (Phi) is 7.66. The fourth-order valence-corrected chi connectivity index (χ4v) is 1.05. The van der Waals surface area contributed by atoms with E-state index >= 15 is 0 Å². The summed E-state index contributed by atoms with van der Waals surface area (Å²) in [4.78, 5) is 45.1. The molecule has 0 aliphatic rings. The Balaban J connectivity index is 4.09. The van der Waals surface area contributed by atoms with E-state index in [1.165, 1.54) is 7.11 Å². The Labute approximate surface area is 109 Å². The van der Waals surface area contributed by atoms with Crippen molar-refractivity contribution in [1.82, 2.24) is 15.5 Å². The van der Waals surface area contributed by atoms with Crippen LogP contribution in [0.25, 0.3) is 0 Å². The van der Waals surface area contributed by atoms with Gasteiger partial charge in [0.2, 0.25) is 5.91 Å². The van der Waals surface area contributed by atoms with E-state index in [4.69, 9.17) is 5.11 Å². The highest BCUT2D eigenvalue weighted by Gasteiger charge is 2.16. The van der Waals surface area contributed by atoms with Gasteiger partial charge < -0.3 is 25.4 Å². The van der Waals surface area contributed by atoms with Gasteiger partial charge >= 0.3 is 18.0 Å². The summed E-state index contributed by atoms with van der Waals surface area (Å²) in [5.41, 5.74) is 0. The molecule has 9 nitrogen and oxygen atoms in total. The zero-order chi connectivity index (χ0) is 14.8. The third-order valence-corrected chi connectivity index (χ3v) is 2.05. The lowest BCUT2D eigenvalue weighted by atomic mass is 10.5. The monoisotopic (exact) mass is 275 g/mol. The van der Waals surface area contributed by atoms with Crippen LogP contribution >= 0.6 is 0 Å². The number of carboxylic acids is 1. The Bertz CT molecular complexity index is 357. The van der Waals surface area contributed by atoms with E-state index < -0.39 is 30.4 Å². The summed E-state index contributed by atoms with van der Waals surface area (Å²) < 4.78 is 4.42. The van der Waals surface area contributed by atoms with E-state index in [-0.39, 0.29) is 19.6 Å². The first-order chi connectivity index (χ1) is 8.90. The first kappa shape index (κ1) is 16.7. The molecule has 0 aromatic heterocycles. The number of urea groups is 1. The number of hydrogen-bond donors (Lipinski definition) is 3. The van der Waals surface area contributed by atoms with Gasteiger partial charge in [0.25, 0.3) is 0 Å². The molecular weight excluding hydrogens is 258 g/mol. The number of carbonyl (C=O) groups is 4. The van der Waals surface area contributed by atoms with Crippen molar-refractivity contribution in [3.8, 4) is 0 Å². The maximum Gasteiger partial charge on any atom is 0.325 e. The van der Waals surface area contributed by atoms with Gasteiger partial charge in [-0.1, -0.05) is 0 Å². The van der Waals surface area contributed by atoms with Crippen molar-refractivity contribution in [1.29, 1.82) is 0 Å². The van der Waals surface area contributed by atoms with Crippen LogP contribution in [0.5, 0.6) is 0 Å². The van der Waals surface area contributed by atoms with Crippen LogP contribution in [-0.2, 0) is 19.1 Å². The van der Waals surface area contributed by atoms with Crippen molar-refractivity contribution >= 4 is 23.9 Å². The molecule has 0 saturated heterocycles. The van der Waals surface area contributed by atoms with Gasteiger partial charge in [-0.3, -0.25) is 14.4 Å². The molecule has 108 valence electrons. The Morgan fingerprint density at radius 1 is 1.16 bits per heavy atom. The van der Waals surface area contributed by atoms with Gasteiger partial charge in [-0.2, -0.15) is 0 Å². The number of carbonyl (C=O) groups excluding carboxylic acids is 3. The molecule has 0 aliphatic carbocycles. The highest BCUT2D eigenvalue weighted by Crippen LogP contribution is 1.90. The molecular formula is C10H17N3O6. The van der Waals surface area contributed by atoms with E-state index in [1.807, 2.05) is 0 Å². The van der Waals surface area contributed by atoms with Crippen LogP contribution in [0, 0.1) is 0 Å². The topological polar surface area (TPSA) is 125 Å². The number of amides is 3. The largest absolute Gasteiger partial charge is 0.480 e. The van der Waals surface area contributed by atoms with Gasteiger partial charge in [0.15, 0.2) is 0 Å². The van der Waals surface area contributed by atoms with Gasteiger partial charge in [0, 0.05) is 6.54 Å². The molecule has 0 heterocycles. The van der Waals surface area contributed by atoms with Crippen LogP contribution in [0.3, 0.4) is 0 Å². The van der Waals surface area contributed by atoms with Gasteiger partial charge in [0.1, 0.15) is 13.1 Å². The predicted molar refractivity (Wildman–Crippen MR) is 63.3 cm³/mol. The van der Waals surface area contributed by atoms with E-state index in [9.17, 15) is 19.2 Å². The average molecular weight is 275 g/mol. The molecule has 9 heteroatoms. The van der Waals surface area contributed by atoms with E-state index in [0.717, 1.165) is 4.90 Å². The first-order valence-corrected chi connectivity index (χ1v) is 5.48. The molecule has 0 unspecified atom stereocenters. The Morgan fingerprint density at radius 3 is 2.26 bits per heavy atom. The summed E-state index contributed by atoms with van der Waals surface area (Å²) in [7, 11) is 1.20. The molecule has 0 radical (unpaired) electrons. The van der Waals surface area contributed by atoms with Crippen LogP contribution in [0.2, 0.25) is 0 Å². The minimum Gasteiger partial charge on any atom is -0.480 e. The Morgan fingerprint density at radius 2 is 1.79 bits per heavy atom. The number of methoxy groups -OCH3 is 1. The maximum atomic E-state index is 11.6. The zero-order valence-electron chi connectivity index (χ0n) is 10.8. The quantitative estimate of drug-likeness (QED) is 0.480. The van der Waals surface area contributed by atoms with Crippen LogP contribution < -0.4 is 10.6 Å². The lowest BCUT2D eigenvalue weighted by Crippen LogP contribution is -2.46. The minimum absolute atomic E-state index is 0.227. The molecule has 0 saturated carbocycles. The summed E-state index contributed by atoms with van der Waals surface area (Å²) in [5.74, 6) is -2.39. The number of esters is 1. The normalized spacial score (nSPS) is 9.37. The number of rotatable bonds is 7. The van der Waals surface area contributed by atoms with E-state index in [2.05, 4.69) is 15.4 Å².